The Morgan fingerprint density at radius 3 is 2.69 bits per heavy atom. The molecule has 3 aliphatic carbocycles. The van der Waals surface area contributed by atoms with Crippen molar-refractivity contribution >= 4 is 5.97 Å². The molecule has 0 bridgehead atoms. The molecule has 2 aromatic rings. The van der Waals surface area contributed by atoms with Crippen molar-refractivity contribution in [2.45, 2.75) is 55.4 Å². The zero-order valence-corrected chi connectivity index (χ0v) is 14.6. The number of nitrogens with one attached hydrogen (secondary N) is 1. The van der Waals surface area contributed by atoms with E-state index in [2.05, 4.69) is 45.8 Å². The molecular weight excluding hydrogens is 330 g/mol. The summed E-state index contributed by atoms with van der Waals surface area (Å²) >= 11 is 0. The van der Waals surface area contributed by atoms with E-state index in [1.165, 1.54) is 12.0 Å². The van der Waals surface area contributed by atoms with Gasteiger partial charge in [0.2, 0.25) is 5.89 Å². The van der Waals surface area contributed by atoms with Crippen LogP contribution in [0.15, 0.2) is 34.9 Å². The Hall–Kier alpha value is -2.21. The smallest absolute Gasteiger partial charge is 0.306 e. The lowest BCUT2D eigenvalue weighted by atomic mass is 9.75. The molecular formula is C20H23N3O3. The van der Waals surface area contributed by atoms with Crippen molar-refractivity contribution in [1.29, 1.82) is 0 Å². The van der Waals surface area contributed by atoms with Crippen LogP contribution in [0.4, 0.5) is 0 Å². The minimum absolute atomic E-state index is 0.0154. The van der Waals surface area contributed by atoms with E-state index >= 15 is 0 Å². The number of carbonyl (C=O) groups is 1. The molecule has 3 aliphatic rings. The van der Waals surface area contributed by atoms with Crippen LogP contribution in [0.2, 0.25) is 0 Å². The van der Waals surface area contributed by atoms with Crippen molar-refractivity contribution < 1.29 is 14.4 Å². The van der Waals surface area contributed by atoms with Crippen LogP contribution in [0.25, 0.3) is 0 Å². The number of carboxylic acids is 1. The first-order chi connectivity index (χ1) is 12.6. The molecule has 3 saturated carbocycles. The van der Waals surface area contributed by atoms with Gasteiger partial charge in [0, 0.05) is 29.8 Å². The third kappa shape index (κ3) is 2.82. The molecule has 2 atom stereocenters. The highest BCUT2D eigenvalue weighted by Gasteiger charge is 2.51. The topological polar surface area (TPSA) is 88.2 Å². The first-order valence-corrected chi connectivity index (χ1v) is 9.50. The van der Waals surface area contributed by atoms with Crippen molar-refractivity contribution in [1.82, 2.24) is 15.5 Å². The Kier molecular flexibility index (Phi) is 3.64. The SMILES string of the molecule is O=C(O)[C@H]1C[C@H](c2nc(C3(CN[C@H]4CC4c4ccccc4)CC3)no2)C1. The molecule has 2 N–H and O–H groups in total. The Morgan fingerprint density at radius 1 is 1.23 bits per heavy atom. The molecule has 1 heterocycles. The fraction of sp³-hybridized carbons (Fsp3) is 0.550. The molecule has 3 fully saturated rings. The summed E-state index contributed by atoms with van der Waals surface area (Å²) in [5, 5.41) is 16.9. The summed E-state index contributed by atoms with van der Waals surface area (Å²) in [5.74, 6) is 1.19. The monoisotopic (exact) mass is 353 g/mol. The van der Waals surface area contributed by atoms with E-state index in [9.17, 15) is 4.79 Å². The maximum Gasteiger partial charge on any atom is 0.306 e. The molecule has 26 heavy (non-hydrogen) atoms. The summed E-state index contributed by atoms with van der Waals surface area (Å²) in [5.41, 5.74) is 1.43. The average Bonchev–Trinajstić information content (AvgIpc) is 3.50. The Morgan fingerprint density at radius 2 is 2.00 bits per heavy atom. The molecule has 6 nitrogen and oxygen atoms in total. The minimum Gasteiger partial charge on any atom is -0.481 e. The van der Waals surface area contributed by atoms with Gasteiger partial charge in [-0.25, -0.2) is 0 Å². The first-order valence-electron chi connectivity index (χ1n) is 9.50. The molecule has 6 heteroatoms. The third-order valence-electron chi connectivity index (χ3n) is 6.33. The zero-order chi connectivity index (χ0) is 17.7. The van der Waals surface area contributed by atoms with Crippen LogP contribution < -0.4 is 5.32 Å². The van der Waals surface area contributed by atoms with Gasteiger partial charge in [-0.2, -0.15) is 4.98 Å². The van der Waals surface area contributed by atoms with Crippen molar-refractivity contribution in [2.24, 2.45) is 5.92 Å². The van der Waals surface area contributed by atoms with Gasteiger partial charge in [-0.3, -0.25) is 4.79 Å². The normalized spacial score (nSPS) is 31.2. The van der Waals surface area contributed by atoms with Gasteiger partial charge in [0.15, 0.2) is 5.82 Å². The zero-order valence-electron chi connectivity index (χ0n) is 14.6. The van der Waals surface area contributed by atoms with Crippen molar-refractivity contribution in [3.05, 3.63) is 47.6 Å². The number of hydrogen-bond acceptors (Lipinski definition) is 5. The maximum absolute atomic E-state index is 10.9. The van der Waals surface area contributed by atoms with E-state index in [0.29, 0.717) is 30.7 Å². The molecule has 5 rings (SSSR count). The van der Waals surface area contributed by atoms with Gasteiger partial charge in [-0.1, -0.05) is 35.5 Å². The highest BCUT2D eigenvalue weighted by Crippen LogP contribution is 2.49. The van der Waals surface area contributed by atoms with Gasteiger partial charge in [-0.15, -0.1) is 0 Å². The molecule has 1 aromatic carbocycles. The van der Waals surface area contributed by atoms with Gasteiger partial charge >= 0.3 is 5.97 Å². The van der Waals surface area contributed by atoms with Gasteiger partial charge in [-0.05, 0) is 37.7 Å². The van der Waals surface area contributed by atoms with Gasteiger partial charge < -0.3 is 14.9 Å². The highest BCUT2D eigenvalue weighted by atomic mass is 16.5. The summed E-state index contributed by atoms with van der Waals surface area (Å²) in [4.78, 5) is 15.6. The second kappa shape index (κ2) is 5.91. The molecule has 0 aliphatic heterocycles. The van der Waals surface area contributed by atoms with Crippen LogP contribution in [0.3, 0.4) is 0 Å². The number of benzene rings is 1. The van der Waals surface area contributed by atoms with Crippen LogP contribution in [-0.4, -0.2) is 33.8 Å². The maximum atomic E-state index is 10.9. The summed E-state index contributed by atoms with van der Waals surface area (Å²) in [6.07, 6.45) is 4.59. The van der Waals surface area contributed by atoms with Crippen LogP contribution in [0.1, 0.15) is 61.2 Å². The van der Waals surface area contributed by atoms with Crippen LogP contribution in [0.5, 0.6) is 0 Å². The van der Waals surface area contributed by atoms with E-state index in [4.69, 9.17) is 9.63 Å². The highest BCUT2D eigenvalue weighted by molar-refractivity contribution is 5.71. The van der Waals surface area contributed by atoms with Crippen LogP contribution in [-0.2, 0) is 10.2 Å². The predicted octanol–water partition coefficient (Wildman–Crippen LogP) is 2.83. The number of hydrogen-bond donors (Lipinski definition) is 2. The summed E-state index contributed by atoms with van der Waals surface area (Å²) in [6.45, 7) is 0.891. The number of rotatable bonds is 7. The Balaban J connectivity index is 1.17. The van der Waals surface area contributed by atoms with E-state index in [1.54, 1.807) is 0 Å². The van der Waals surface area contributed by atoms with E-state index in [1.807, 2.05) is 0 Å². The van der Waals surface area contributed by atoms with E-state index in [0.717, 1.165) is 25.2 Å². The van der Waals surface area contributed by atoms with Crippen molar-refractivity contribution in [2.75, 3.05) is 6.54 Å². The van der Waals surface area contributed by atoms with Crippen LogP contribution in [0, 0.1) is 5.92 Å². The lowest BCUT2D eigenvalue weighted by Crippen LogP contribution is -2.30. The lowest BCUT2D eigenvalue weighted by Gasteiger charge is -2.28. The quantitative estimate of drug-likeness (QED) is 0.796. The Bertz CT molecular complexity index is 809. The molecule has 136 valence electrons. The molecule has 0 amide bonds. The van der Waals surface area contributed by atoms with Crippen LogP contribution >= 0.6 is 0 Å². The molecule has 1 unspecified atom stereocenters. The van der Waals surface area contributed by atoms with E-state index in [-0.39, 0.29) is 17.3 Å². The Labute approximate surface area is 152 Å². The van der Waals surface area contributed by atoms with Crippen molar-refractivity contribution in [3.63, 3.8) is 0 Å². The number of carboxylic acid groups (broad SMARTS) is 1. The molecule has 0 spiro atoms. The van der Waals surface area contributed by atoms with Gasteiger partial charge in [0.05, 0.1) is 5.92 Å². The minimum atomic E-state index is -0.721. The second-order valence-corrected chi connectivity index (χ2v) is 8.18. The van der Waals surface area contributed by atoms with Gasteiger partial charge in [0.25, 0.3) is 0 Å². The largest absolute Gasteiger partial charge is 0.481 e. The molecule has 0 saturated heterocycles. The fourth-order valence-corrected chi connectivity index (χ4v) is 4.08. The molecule has 1 aromatic heterocycles. The predicted molar refractivity (Wildman–Crippen MR) is 93.9 cm³/mol. The summed E-state index contributed by atoms with van der Waals surface area (Å²) in [7, 11) is 0. The standard InChI is InChI=1S/C20H23N3O3/c24-18(25)14-8-13(9-14)17-22-19(23-26-17)20(6-7-20)11-21-16-10-15(16)12-4-2-1-3-5-12/h1-5,13-16,21H,6-11H2,(H,24,25)/t13-,14-,15?,16-/m0/s1. The summed E-state index contributed by atoms with van der Waals surface area (Å²) < 4.78 is 5.45. The number of aromatic nitrogens is 2. The second-order valence-electron chi connectivity index (χ2n) is 8.18. The number of nitrogens with zero attached hydrogens (tertiary/aromatic N) is 2. The molecule has 0 radical (unpaired) electrons. The van der Waals surface area contributed by atoms with Crippen molar-refractivity contribution in [3.8, 4) is 0 Å². The fourth-order valence-electron chi connectivity index (χ4n) is 4.08. The number of aliphatic carboxylic acids is 1. The third-order valence-corrected chi connectivity index (χ3v) is 6.33. The van der Waals surface area contributed by atoms with Gasteiger partial charge in [0.1, 0.15) is 0 Å². The lowest BCUT2D eigenvalue weighted by molar-refractivity contribution is -0.145. The average molecular weight is 353 g/mol. The first kappa shape index (κ1) is 16.0. The van der Waals surface area contributed by atoms with E-state index < -0.39 is 5.97 Å². The summed E-state index contributed by atoms with van der Waals surface area (Å²) in [6, 6.07) is 11.2.